The monoisotopic (exact) mass is 547 g/mol. The molecule has 212 valence electrons. The summed E-state index contributed by atoms with van der Waals surface area (Å²) in [6.45, 7) is 3.38. The van der Waals surface area contributed by atoms with Gasteiger partial charge in [0, 0.05) is 29.9 Å². The number of aromatic amines is 1. The molecule has 9 N–H and O–H groups in total. The lowest BCUT2D eigenvalue weighted by molar-refractivity contribution is -0.147. The van der Waals surface area contributed by atoms with Crippen LogP contribution in [0.3, 0.4) is 0 Å². The van der Waals surface area contributed by atoms with Gasteiger partial charge in [-0.15, -0.1) is 0 Å². The van der Waals surface area contributed by atoms with Crippen LogP contribution in [0.5, 0.6) is 0 Å². The molecule has 0 saturated heterocycles. The Morgan fingerprint density at radius 3 is 2.03 bits per heavy atom. The molecular weight excluding hydrogens is 514 g/mol. The molecule has 4 unspecified atom stereocenters. The van der Waals surface area contributed by atoms with Crippen LogP contribution in [0.15, 0.2) is 30.5 Å². The van der Waals surface area contributed by atoms with E-state index in [0.29, 0.717) is 5.56 Å². The summed E-state index contributed by atoms with van der Waals surface area (Å²) in [5, 5.41) is 35.2. The number of nitrogens with two attached hydrogens (primary N) is 1. The number of hydrogen-bond acceptors (Lipinski definition) is 7. The van der Waals surface area contributed by atoms with Crippen molar-refractivity contribution in [3.8, 4) is 0 Å². The molecule has 4 atom stereocenters. The summed E-state index contributed by atoms with van der Waals surface area (Å²) in [6, 6.07) is 1.57. The smallest absolute Gasteiger partial charge is 0.326 e. The predicted molar refractivity (Wildman–Crippen MR) is 137 cm³/mol. The highest BCUT2D eigenvalue weighted by Gasteiger charge is 2.32. The number of carbonyl (C=O) groups excluding carboxylic acids is 3. The fraction of sp³-hybridized carbons (Fsp3) is 0.440. The topological polar surface area (TPSA) is 241 Å². The lowest BCUT2D eigenvalue weighted by atomic mass is 10.0. The van der Waals surface area contributed by atoms with E-state index in [9.17, 15) is 33.9 Å². The van der Waals surface area contributed by atoms with Gasteiger partial charge in [-0.1, -0.05) is 32.0 Å². The van der Waals surface area contributed by atoms with Crippen molar-refractivity contribution >= 4 is 46.5 Å². The first-order chi connectivity index (χ1) is 18.3. The Labute approximate surface area is 223 Å². The number of fused-ring (bicyclic) bond motifs is 1. The van der Waals surface area contributed by atoms with Gasteiger partial charge in [-0.3, -0.25) is 24.0 Å². The minimum Gasteiger partial charge on any atom is -0.481 e. The van der Waals surface area contributed by atoms with E-state index in [1.165, 1.54) is 0 Å². The fourth-order valence-corrected chi connectivity index (χ4v) is 3.76. The van der Waals surface area contributed by atoms with Crippen LogP contribution in [0.4, 0.5) is 0 Å². The Morgan fingerprint density at radius 2 is 1.44 bits per heavy atom. The minimum absolute atomic E-state index is 0.133. The molecule has 0 bridgehead atoms. The zero-order chi connectivity index (χ0) is 29.3. The maximum absolute atomic E-state index is 13.2. The maximum atomic E-state index is 13.2. The minimum atomic E-state index is -1.77. The normalized spacial score (nSPS) is 14.2. The number of amides is 3. The molecule has 0 radical (unpaired) electrons. The number of nitrogens with one attached hydrogen (secondary N) is 4. The second-order valence-corrected chi connectivity index (χ2v) is 9.39. The van der Waals surface area contributed by atoms with Gasteiger partial charge in [0.25, 0.3) is 0 Å². The van der Waals surface area contributed by atoms with Gasteiger partial charge in [0.15, 0.2) is 0 Å². The number of carboxylic acid groups (broad SMARTS) is 3. The van der Waals surface area contributed by atoms with Crippen LogP contribution in [0.1, 0.15) is 38.7 Å². The van der Waals surface area contributed by atoms with Crippen LogP contribution in [0, 0.1) is 5.92 Å². The number of carboxylic acids is 3. The lowest BCUT2D eigenvalue weighted by Crippen LogP contribution is -2.58. The molecule has 2 rings (SSSR count). The second-order valence-electron chi connectivity index (χ2n) is 9.39. The van der Waals surface area contributed by atoms with Crippen molar-refractivity contribution in [2.24, 2.45) is 11.7 Å². The molecule has 1 heterocycles. The molecule has 39 heavy (non-hydrogen) atoms. The lowest BCUT2D eigenvalue weighted by Gasteiger charge is -2.25. The molecule has 0 aliphatic heterocycles. The third-order valence-electron chi connectivity index (χ3n) is 6.03. The van der Waals surface area contributed by atoms with Crippen molar-refractivity contribution in [1.29, 1.82) is 0 Å². The Morgan fingerprint density at radius 1 is 0.846 bits per heavy atom. The number of H-pyrrole nitrogens is 1. The van der Waals surface area contributed by atoms with E-state index >= 15 is 0 Å². The zero-order valence-corrected chi connectivity index (χ0v) is 21.5. The molecule has 2 aromatic rings. The van der Waals surface area contributed by atoms with E-state index in [1.54, 1.807) is 44.3 Å². The number of hydrogen-bond donors (Lipinski definition) is 8. The Bertz CT molecular complexity index is 1230. The number of aromatic nitrogens is 1. The van der Waals surface area contributed by atoms with Crippen LogP contribution < -0.4 is 21.7 Å². The Hall–Kier alpha value is -4.46. The summed E-state index contributed by atoms with van der Waals surface area (Å²) in [5.41, 5.74) is 7.17. The van der Waals surface area contributed by atoms with Crippen LogP contribution in [0.2, 0.25) is 0 Å². The average Bonchev–Trinajstić information content (AvgIpc) is 3.27. The molecule has 3 amide bonds. The number of para-hydroxylation sites is 1. The Kier molecular flexibility index (Phi) is 11.0. The van der Waals surface area contributed by atoms with Gasteiger partial charge in [-0.2, -0.15) is 0 Å². The van der Waals surface area contributed by atoms with Crippen molar-refractivity contribution in [2.45, 2.75) is 63.7 Å². The summed E-state index contributed by atoms with van der Waals surface area (Å²) in [4.78, 5) is 75.7. The molecule has 0 spiro atoms. The molecule has 1 aromatic heterocycles. The first kappa shape index (κ1) is 30.8. The summed E-state index contributed by atoms with van der Waals surface area (Å²) in [7, 11) is 0. The maximum Gasteiger partial charge on any atom is 0.326 e. The molecule has 14 heteroatoms. The van der Waals surface area contributed by atoms with Gasteiger partial charge < -0.3 is 42.0 Å². The van der Waals surface area contributed by atoms with Crippen molar-refractivity contribution in [3.63, 3.8) is 0 Å². The van der Waals surface area contributed by atoms with Gasteiger partial charge in [0.1, 0.15) is 18.1 Å². The van der Waals surface area contributed by atoms with Crippen molar-refractivity contribution < 1.29 is 44.1 Å². The second kappa shape index (κ2) is 13.9. The third kappa shape index (κ3) is 9.10. The highest BCUT2D eigenvalue weighted by molar-refractivity contribution is 5.95. The summed E-state index contributed by atoms with van der Waals surface area (Å²) < 4.78 is 0. The predicted octanol–water partition coefficient (Wildman–Crippen LogP) is -0.428. The van der Waals surface area contributed by atoms with Gasteiger partial charge in [-0.05, 0) is 24.0 Å². The first-order valence-corrected chi connectivity index (χ1v) is 12.2. The van der Waals surface area contributed by atoms with Crippen LogP contribution in [0.25, 0.3) is 10.9 Å². The van der Waals surface area contributed by atoms with Crippen LogP contribution in [-0.2, 0) is 35.2 Å². The van der Waals surface area contributed by atoms with Crippen LogP contribution in [-0.4, -0.2) is 80.1 Å². The molecular formula is C25H33N5O9. The van der Waals surface area contributed by atoms with Crippen molar-refractivity contribution in [2.75, 3.05) is 0 Å². The molecule has 0 aliphatic carbocycles. The molecule has 0 saturated carbocycles. The third-order valence-corrected chi connectivity index (χ3v) is 6.03. The van der Waals surface area contributed by atoms with E-state index in [4.69, 9.17) is 15.9 Å². The standard InChI is InChI=1S/C25H33N5O9/c1-12(2)21(26)24(37)28-16(7-8-19(31)32)22(35)29-17(23(36)30-18(25(38)39)10-20(33)34)9-13-11-27-15-6-4-3-5-14(13)15/h3-6,11-12,16-18,21,27H,7-10,26H2,1-2H3,(H,28,37)(H,29,35)(H,30,36)(H,31,32)(H,33,34)(H,38,39). The average molecular weight is 548 g/mol. The number of benzene rings is 1. The first-order valence-electron chi connectivity index (χ1n) is 12.2. The summed E-state index contributed by atoms with van der Waals surface area (Å²) in [5.74, 6) is -7.12. The highest BCUT2D eigenvalue weighted by atomic mass is 16.4. The van der Waals surface area contributed by atoms with Crippen molar-refractivity contribution in [3.05, 3.63) is 36.0 Å². The van der Waals surface area contributed by atoms with Gasteiger partial charge in [-0.25, -0.2) is 4.79 Å². The molecule has 0 aliphatic rings. The quantitative estimate of drug-likeness (QED) is 0.143. The van der Waals surface area contributed by atoms with E-state index < -0.39 is 72.6 Å². The number of rotatable bonds is 15. The van der Waals surface area contributed by atoms with E-state index in [-0.39, 0.29) is 18.8 Å². The summed E-state index contributed by atoms with van der Waals surface area (Å²) >= 11 is 0. The molecule has 0 fully saturated rings. The molecule has 1 aromatic carbocycles. The highest BCUT2D eigenvalue weighted by Crippen LogP contribution is 2.19. The van der Waals surface area contributed by atoms with Gasteiger partial charge in [0.05, 0.1) is 12.5 Å². The fourth-order valence-electron chi connectivity index (χ4n) is 3.76. The SMILES string of the molecule is CC(C)C(N)C(=O)NC(CCC(=O)O)C(=O)NC(Cc1c[nH]c2ccccc12)C(=O)NC(CC(=O)O)C(=O)O. The van der Waals surface area contributed by atoms with E-state index in [1.807, 2.05) is 0 Å². The van der Waals surface area contributed by atoms with Crippen molar-refractivity contribution in [1.82, 2.24) is 20.9 Å². The number of aliphatic carboxylic acids is 3. The molecule has 14 nitrogen and oxygen atoms in total. The summed E-state index contributed by atoms with van der Waals surface area (Å²) in [6.07, 6.45) is -0.218. The Balaban J connectivity index is 2.35. The van der Waals surface area contributed by atoms with Gasteiger partial charge in [0.2, 0.25) is 17.7 Å². The zero-order valence-electron chi connectivity index (χ0n) is 21.5. The largest absolute Gasteiger partial charge is 0.481 e. The van der Waals surface area contributed by atoms with Crippen LogP contribution >= 0.6 is 0 Å². The van der Waals surface area contributed by atoms with E-state index in [2.05, 4.69) is 20.9 Å². The number of carbonyl (C=O) groups is 6. The van der Waals surface area contributed by atoms with Gasteiger partial charge >= 0.3 is 17.9 Å². The van der Waals surface area contributed by atoms with E-state index in [0.717, 1.165) is 10.9 Å².